The lowest BCUT2D eigenvalue weighted by molar-refractivity contribution is 0.486. The third-order valence-corrected chi connectivity index (χ3v) is 4.94. The van der Waals surface area contributed by atoms with Crippen LogP contribution >= 0.6 is 11.8 Å². The average Bonchev–Trinajstić information content (AvgIpc) is 2.92. The third kappa shape index (κ3) is 2.80. The largest absolute Gasteiger partial charge is 0.316 e. The van der Waals surface area contributed by atoms with E-state index in [4.69, 9.17) is 0 Å². The van der Waals surface area contributed by atoms with E-state index in [1.54, 1.807) is 0 Å². The van der Waals surface area contributed by atoms with Crippen LogP contribution in [0.4, 0.5) is 0 Å². The van der Waals surface area contributed by atoms with Crippen molar-refractivity contribution < 1.29 is 0 Å². The minimum Gasteiger partial charge on any atom is -0.316 e. The molecule has 16 heavy (non-hydrogen) atoms. The van der Waals surface area contributed by atoms with E-state index in [0.29, 0.717) is 6.04 Å². The Labute approximate surface area is 102 Å². The van der Waals surface area contributed by atoms with Gasteiger partial charge >= 0.3 is 0 Å². The van der Waals surface area contributed by atoms with Gasteiger partial charge in [-0.25, -0.2) is 0 Å². The normalized spacial score (nSPS) is 22.5. The minimum atomic E-state index is 0.655. The molecule has 0 spiro atoms. The molecule has 0 radical (unpaired) electrons. The molecular weight excluding hydrogens is 218 g/mol. The second kappa shape index (κ2) is 5.73. The van der Waals surface area contributed by atoms with Gasteiger partial charge in [-0.2, -0.15) is 16.9 Å². The molecule has 3 nitrogen and oxygen atoms in total. The molecule has 0 saturated carbocycles. The Balaban J connectivity index is 1.85. The molecule has 1 saturated heterocycles. The highest BCUT2D eigenvalue weighted by atomic mass is 32.2. The summed E-state index contributed by atoms with van der Waals surface area (Å²) < 4.78 is 1.98. The van der Waals surface area contributed by atoms with Crippen molar-refractivity contribution in [1.82, 2.24) is 15.1 Å². The summed E-state index contributed by atoms with van der Waals surface area (Å²) in [5, 5.41) is 8.50. The zero-order chi connectivity index (χ0) is 11.4. The fraction of sp³-hybridized carbons (Fsp3) is 0.750. The van der Waals surface area contributed by atoms with E-state index in [0.717, 1.165) is 11.7 Å². The second-order valence-corrected chi connectivity index (χ2v) is 5.78. The minimum absolute atomic E-state index is 0.655. The van der Waals surface area contributed by atoms with Gasteiger partial charge in [0, 0.05) is 30.2 Å². The summed E-state index contributed by atoms with van der Waals surface area (Å²) in [6.45, 7) is 0. The molecular formula is C12H21N3S. The Morgan fingerprint density at radius 1 is 1.69 bits per heavy atom. The van der Waals surface area contributed by atoms with Crippen molar-refractivity contribution in [3.8, 4) is 0 Å². The van der Waals surface area contributed by atoms with Crippen LogP contribution in [0.3, 0.4) is 0 Å². The van der Waals surface area contributed by atoms with E-state index in [-0.39, 0.29) is 0 Å². The van der Waals surface area contributed by atoms with E-state index < -0.39 is 0 Å². The molecule has 1 aromatic rings. The first-order chi connectivity index (χ1) is 7.81. The number of rotatable bonds is 5. The summed E-state index contributed by atoms with van der Waals surface area (Å²) in [4.78, 5) is 0. The molecule has 90 valence electrons. The molecule has 2 heterocycles. The van der Waals surface area contributed by atoms with Gasteiger partial charge in [-0.15, -0.1) is 0 Å². The van der Waals surface area contributed by atoms with Gasteiger partial charge in [0.15, 0.2) is 0 Å². The topological polar surface area (TPSA) is 29.9 Å². The first-order valence-corrected chi connectivity index (χ1v) is 7.12. The number of aromatic nitrogens is 2. The number of aryl methyl sites for hydroxylation is 2. The summed E-state index contributed by atoms with van der Waals surface area (Å²) in [6.07, 6.45) is 6.99. The van der Waals surface area contributed by atoms with Gasteiger partial charge in [-0.1, -0.05) is 0 Å². The predicted octanol–water partition coefficient (Wildman–Crippen LogP) is 1.84. The fourth-order valence-corrected chi connectivity index (χ4v) is 3.86. The van der Waals surface area contributed by atoms with Crippen LogP contribution in [0.15, 0.2) is 12.3 Å². The molecule has 0 aromatic carbocycles. The molecule has 2 unspecified atom stereocenters. The van der Waals surface area contributed by atoms with Gasteiger partial charge in [0.2, 0.25) is 0 Å². The van der Waals surface area contributed by atoms with Crippen LogP contribution in [0, 0.1) is 0 Å². The van der Waals surface area contributed by atoms with Crippen molar-refractivity contribution in [1.29, 1.82) is 0 Å². The monoisotopic (exact) mass is 239 g/mol. The average molecular weight is 239 g/mol. The van der Waals surface area contributed by atoms with Crippen molar-refractivity contribution in [2.75, 3.05) is 12.8 Å². The Bertz CT molecular complexity index is 318. The predicted molar refractivity (Wildman–Crippen MR) is 69.9 cm³/mol. The van der Waals surface area contributed by atoms with Crippen molar-refractivity contribution in [3.05, 3.63) is 18.0 Å². The molecule has 2 rings (SSSR count). The lowest BCUT2D eigenvalue weighted by Crippen LogP contribution is -2.35. The number of hydrogen-bond acceptors (Lipinski definition) is 3. The molecule has 1 N–H and O–H groups in total. The van der Waals surface area contributed by atoms with Crippen molar-refractivity contribution in [2.24, 2.45) is 7.05 Å². The van der Waals surface area contributed by atoms with E-state index >= 15 is 0 Å². The summed E-state index contributed by atoms with van der Waals surface area (Å²) in [5.41, 5.74) is 1.34. The molecule has 1 aliphatic heterocycles. The number of nitrogens with zero attached hydrogens (tertiary/aromatic N) is 2. The Morgan fingerprint density at radius 3 is 3.12 bits per heavy atom. The number of hydrogen-bond donors (Lipinski definition) is 1. The zero-order valence-corrected chi connectivity index (χ0v) is 11.0. The molecule has 4 heteroatoms. The lowest BCUT2D eigenvalue weighted by atomic mass is 10.0. The van der Waals surface area contributed by atoms with Crippen LogP contribution in [0.2, 0.25) is 0 Å². The van der Waals surface area contributed by atoms with E-state index in [1.165, 1.54) is 30.7 Å². The lowest BCUT2D eigenvalue weighted by Gasteiger charge is -2.22. The Hall–Kier alpha value is -0.480. The molecule has 0 aliphatic carbocycles. The third-order valence-electron chi connectivity index (χ3n) is 3.42. The van der Waals surface area contributed by atoms with Gasteiger partial charge < -0.3 is 5.32 Å². The van der Waals surface area contributed by atoms with Gasteiger partial charge in [-0.3, -0.25) is 4.68 Å². The highest BCUT2D eigenvalue weighted by Crippen LogP contribution is 2.30. The van der Waals surface area contributed by atoms with Gasteiger partial charge in [0.05, 0.1) is 0 Å². The summed E-state index contributed by atoms with van der Waals surface area (Å²) in [6, 6.07) is 2.77. The maximum Gasteiger partial charge on any atom is 0.0492 e. The quantitative estimate of drug-likeness (QED) is 0.850. The first-order valence-electron chi connectivity index (χ1n) is 6.07. The summed E-state index contributed by atoms with van der Waals surface area (Å²) in [7, 11) is 4.11. The standard InChI is InChI=1S/C12H21N3S/c1-13-11(12-4-3-9-16-12)6-5-10-7-8-14-15(10)2/h7-8,11-13H,3-6,9H2,1-2H3. The molecule has 0 amide bonds. The molecule has 1 fully saturated rings. The zero-order valence-electron chi connectivity index (χ0n) is 10.1. The van der Waals surface area contributed by atoms with Crippen LogP contribution in [-0.4, -0.2) is 33.9 Å². The van der Waals surface area contributed by atoms with Gasteiger partial charge in [0.25, 0.3) is 0 Å². The molecule has 1 aromatic heterocycles. The molecule has 1 aliphatic rings. The maximum absolute atomic E-state index is 4.21. The van der Waals surface area contributed by atoms with Gasteiger partial charge in [-0.05, 0) is 44.6 Å². The van der Waals surface area contributed by atoms with E-state index in [1.807, 2.05) is 17.9 Å². The molecule has 0 bridgehead atoms. The van der Waals surface area contributed by atoms with Crippen LogP contribution in [-0.2, 0) is 13.5 Å². The Morgan fingerprint density at radius 2 is 2.56 bits per heavy atom. The fourth-order valence-electron chi connectivity index (χ4n) is 2.39. The summed E-state index contributed by atoms with van der Waals surface area (Å²) in [5.74, 6) is 1.34. The van der Waals surface area contributed by atoms with Crippen LogP contribution in [0.1, 0.15) is 25.0 Å². The first kappa shape index (κ1) is 12.0. The second-order valence-electron chi connectivity index (χ2n) is 4.43. The number of thioether (sulfide) groups is 1. The van der Waals surface area contributed by atoms with Crippen LogP contribution < -0.4 is 5.32 Å². The SMILES string of the molecule is CNC(CCc1ccnn1C)C1CCCS1. The molecule has 2 atom stereocenters. The van der Waals surface area contributed by atoms with Crippen molar-refractivity contribution in [2.45, 2.75) is 37.0 Å². The summed E-state index contributed by atoms with van der Waals surface area (Å²) >= 11 is 2.13. The number of nitrogens with one attached hydrogen (secondary N) is 1. The van der Waals surface area contributed by atoms with Crippen LogP contribution in [0.25, 0.3) is 0 Å². The van der Waals surface area contributed by atoms with E-state index in [9.17, 15) is 0 Å². The smallest absolute Gasteiger partial charge is 0.0492 e. The van der Waals surface area contributed by atoms with Crippen molar-refractivity contribution >= 4 is 11.8 Å². The van der Waals surface area contributed by atoms with Crippen LogP contribution in [0.5, 0.6) is 0 Å². The van der Waals surface area contributed by atoms with Crippen molar-refractivity contribution in [3.63, 3.8) is 0 Å². The Kier molecular flexibility index (Phi) is 4.29. The highest BCUT2D eigenvalue weighted by Gasteiger charge is 2.24. The maximum atomic E-state index is 4.21. The van der Waals surface area contributed by atoms with E-state index in [2.05, 4.69) is 35.3 Å². The highest BCUT2D eigenvalue weighted by molar-refractivity contribution is 8.00. The van der Waals surface area contributed by atoms with Gasteiger partial charge in [0.1, 0.15) is 0 Å².